The molecule has 118 valence electrons. The molecule has 0 unspecified atom stereocenters. The highest BCUT2D eigenvalue weighted by Gasteiger charge is 2.22. The second-order valence-electron chi connectivity index (χ2n) is 5.88. The maximum atomic E-state index is 12.1. The summed E-state index contributed by atoms with van der Waals surface area (Å²) in [4.78, 5) is 12.1. The summed E-state index contributed by atoms with van der Waals surface area (Å²) < 4.78 is 10.4. The van der Waals surface area contributed by atoms with Gasteiger partial charge < -0.3 is 19.7 Å². The van der Waals surface area contributed by atoms with Crippen molar-refractivity contribution in [3.05, 3.63) is 41.8 Å². The minimum absolute atomic E-state index is 0.0409. The second-order valence-corrected chi connectivity index (χ2v) is 5.88. The number of rotatable bonds is 5. The van der Waals surface area contributed by atoms with Gasteiger partial charge in [-0.3, -0.25) is 4.79 Å². The predicted molar refractivity (Wildman–Crippen MR) is 82.2 cm³/mol. The molecule has 0 spiro atoms. The highest BCUT2D eigenvalue weighted by Crippen LogP contribution is 2.23. The molecule has 22 heavy (non-hydrogen) atoms. The summed E-state index contributed by atoms with van der Waals surface area (Å²) in [5.41, 5.74) is 0.671. The standard InChI is InChI=1S/C16H20N2O4/c1-16(2,3)14-10-13(18-22-14)15(20)17-11-4-6-12(7-5-11)21-9-8-19/h4-7,10,19H,8-9H2,1-3H3,(H,17,20). The van der Waals surface area contributed by atoms with Gasteiger partial charge in [-0.15, -0.1) is 0 Å². The molecule has 0 saturated heterocycles. The van der Waals surface area contributed by atoms with Crippen LogP contribution in [0.3, 0.4) is 0 Å². The summed E-state index contributed by atoms with van der Waals surface area (Å²) in [7, 11) is 0. The first kappa shape index (κ1) is 16.0. The first-order valence-corrected chi connectivity index (χ1v) is 7.02. The van der Waals surface area contributed by atoms with Crippen LogP contribution >= 0.6 is 0 Å². The largest absolute Gasteiger partial charge is 0.491 e. The molecule has 1 aromatic carbocycles. The monoisotopic (exact) mass is 304 g/mol. The molecule has 0 aliphatic rings. The van der Waals surface area contributed by atoms with E-state index in [-0.39, 0.29) is 30.2 Å². The molecule has 0 aliphatic carbocycles. The molecule has 1 aromatic heterocycles. The molecular weight excluding hydrogens is 284 g/mol. The van der Waals surface area contributed by atoms with E-state index in [1.54, 1.807) is 30.3 Å². The number of nitrogens with zero attached hydrogens (tertiary/aromatic N) is 1. The van der Waals surface area contributed by atoms with Gasteiger partial charge in [0.1, 0.15) is 18.1 Å². The van der Waals surface area contributed by atoms with E-state index in [2.05, 4.69) is 10.5 Å². The Morgan fingerprint density at radius 3 is 2.55 bits per heavy atom. The van der Waals surface area contributed by atoms with E-state index in [1.165, 1.54) is 0 Å². The zero-order chi connectivity index (χ0) is 16.2. The Kier molecular flexibility index (Phi) is 4.82. The van der Waals surface area contributed by atoms with Crippen molar-refractivity contribution < 1.29 is 19.2 Å². The minimum atomic E-state index is -0.330. The van der Waals surface area contributed by atoms with E-state index in [9.17, 15) is 4.79 Å². The fourth-order valence-electron chi connectivity index (χ4n) is 1.73. The van der Waals surface area contributed by atoms with E-state index in [1.807, 2.05) is 20.8 Å². The fourth-order valence-corrected chi connectivity index (χ4v) is 1.73. The summed E-state index contributed by atoms with van der Waals surface area (Å²) in [5, 5.41) is 15.2. The number of amides is 1. The van der Waals surface area contributed by atoms with Crippen LogP contribution in [0.4, 0.5) is 5.69 Å². The van der Waals surface area contributed by atoms with E-state index >= 15 is 0 Å². The minimum Gasteiger partial charge on any atom is -0.491 e. The quantitative estimate of drug-likeness (QED) is 0.887. The average Bonchev–Trinajstić information content (AvgIpc) is 2.96. The lowest BCUT2D eigenvalue weighted by Crippen LogP contribution is -2.13. The van der Waals surface area contributed by atoms with E-state index in [0.717, 1.165) is 0 Å². The molecule has 6 heteroatoms. The maximum Gasteiger partial charge on any atom is 0.277 e. The average molecular weight is 304 g/mol. The van der Waals surface area contributed by atoms with E-state index < -0.39 is 0 Å². The SMILES string of the molecule is CC(C)(C)c1cc(C(=O)Nc2ccc(OCCO)cc2)no1. The zero-order valence-electron chi connectivity index (χ0n) is 12.9. The van der Waals surface area contributed by atoms with Crippen molar-refractivity contribution in [2.24, 2.45) is 0 Å². The molecule has 1 heterocycles. The van der Waals surface area contributed by atoms with E-state index in [0.29, 0.717) is 17.2 Å². The summed E-state index contributed by atoms with van der Waals surface area (Å²) >= 11 is 0. The van der Waals surface area contributed by atoms with Gasteiger partial charge in [0.2, 0.25) is 0 Å². The number of carbonyl (C=O) groups excluding carboxylic acids is 1. The number of carbonyl (C=O) groups is 1. The van der Waals surface area contributed by atoms with Gasteiger partial charge in [-0.25, -0.2) is 0 Å². The number of aliphatic hydroxyl groups is 1. The Labute approximate surface area is 129 Å². The summed E-state index contributed by atoms with van der Waals surface area (Å²) in [5.74, 6) is 0.956. The molecule has 2 aromatic rings. The van der Waals surface area contributed by atoms with Gasteiger partial charge >= 0.3 is 0 Å². The molecule has 0 atom stereocenters. The normalized spacial score (nSPS) is 11.3. The first-order chi connectivity index (χ1) is 10.4. The van der Waals surface area contributed by atoms with Gasteiger partial charge in [-0.1, -0.05) is 25.9 Å². The number of anilines is 1. The Bertz CT molecular complexity index is 626. The summed E-state index contributed by atoms with van der Waals surface area (Å²) in [6.07, 6.45) is 0. The van der Waals surface area contributed by atoms with Gasteiger partial charge in [-0.05, 0) is 24.3 Å². The first-order valence-electron chi connectivity index (χ1n) is 7.02. The van der Waals surface area contributed by atoms with Crippen LogP contribution in [0, 0.1) is 0 Å². The van der Waals surface area contributed by atoms with Gasteiger partial charge in [0.05, 0.1) is 6.61 Å². The van der Waals surface area contributed by atoms with Crippen LogP contribution < -0.4 is 10.1 Å². The highest BCUT2D eigenvalue weighted by molar-refractivity contribution is 6.02. The molecule has 1 amide bonds. The molecule has 2 rings (SSSR count). The van der Waals surface area contributed by atoms with Gasteiger partial charge in [0.25, 0.3) is 5.91 Å². The third kappa shape index (κ3) is 4.08. The smallest absolute Gasteiger partial charge is 0.277 e. The molecule has 0 saturated carbocycles. The number of hydrogen-bond acceptors (Lipinski definition) is 5. The number of ether oxygens (including phenoxy) is 1. The lowest BCUT2D eigenvalue weighted by atomic mass is 9.93. The van der Waals surface area contributed by atoms with Crippen LogP contribution in [0.25, 0.3) is 0 Å². The molecular formula is C16H20N2O4. The van der Waals surface area contributed by atoms with Crippen LogP contribution in [0.2, 0.25) is 0 Å². The maximum absolute atomic E-state index is 12.1. The Balaban J connectivity index is 2.01. The molecule has 6 nitrogen and oxygen atoms in total. The molecule has 0 fully saturated rings. The molecule has 0 bridgehead atoms. The predicted octanol–water partition coefficient (Wildman–Crippen LogP) is 2.60. The van der Waals surface area contributed by atoms with Crippen molar-refractivity contribution in [3.63, 3.8) is 0 Å². The number of benzene rings is 1. The highest BCUT2D eigenvalue weighted by atomic mass is 16.5. The molecule has 2 N–H and O–H groups in total. The summed E-state index contributed by atoms with van der Waals surface area (Å²) in [6, 6.07) is 8.52. The van der Waals surface area contributed by atoms with Crippen LogP contribution in [-0.4, -0.2) is 29.4 Å². The fraction of sp³-hybridized carbons (Fsp3) is 0.375. The van der Waals surface area contributed by atoms with Gasteiger partial charge in [0.15, 0.2) is 5.69 Å². The van der Waals surface area contributed by atoms with E-state index in [4.69, 9.17) is 14.4 Å². The number of nitrogens with one attached hydrogen (secondary N) is 1. The number of hydrogen-bond donors (Lipinski definition) is 2. The lowest BCUT2D eigenvalue weighted by molar-refractivity contribution is 0.101. The van der Waals surface area contributed by atoms with Crippen LogP contribution in [0.1, 0.15) is 37.0 Å². The molecule has 0 radical (unpaired) electrons. The van der Waals surface area contributed by atoms with Crippen molar-refractivity contribution in [2.75, 3.05) is 18.5 Å². The van der Waals surface area contributed by atoms with Crippen LogP contribution in [-0.2, 0) is 5.41 Å². The third-order valence-corrected chi connectivity index (χ3v) is 2.95. The van der Waals surface area contributed by atoms with Gasteiger partial charge in [-0.2, -0.15) is 0 Å². The topological polar surface area (TPSA) is 84.6 Å². The van der Waals surface area contributed by atoms with Crippen molar-refractivity contribution >= 4 is 11.6 Å². The summed E-state index contributed by atoms with van der Waals surface area (Å²) in [6.45, 7) is 6.15. The number of aromatic nitrogens is 1. The Hall–Kier alpha value is -2.34. The lowest BCUT2D eigenvalue weighted by Gasteiger charge is -2.12. The van der Waals surface area contributed by atoms with Crippen LogP contribution in [0.5, 0.6) is 5.75 Å². The zero-order valence-corrected chi connectivity index (χ0v) is 12.9. The van der Waals surface area contributed by atoms with Crippen molar-refractivity contribution in [3.8, 4) is 5.75 Å². The molecule has 0 aliphatic heterocycles. The second kappa shape index (κ2) is 6.62. The van der Waals surface area contributed by atoms with Crippen molar-refractivity contribution in [1.82, 2.24) is 5.16 Å². The third-order valence-electron chi connectivity index (χ3n) is 2.95. The Morgan fingerprint density at radius 2 is 2.00 bits per heavy atom. The van der Waals surface area contributed by atoms with Gasteiger partial charge in [0, 0.05) is 17.2 Å². The number of aliphatic hydroxyl groups excluding tert-OH is 1. The van der Waals surface area contributed by atoms with Crippen molar-refractivity contribution in [1.29, 1.82) is 0 Å². The van der Waals surface area contributed by atoms with Crippen LogP contribution in [0.15, 0.2) is 34.9 Å². The van der Waals surface area contributed by atoms with Crippen molar-refractivity contribution in [2.45, 2.75) is 26.2 Å². The Morgan fingerprint density at radius 1 is 1.32 bits per heavy atom.